The van der Waals surface area contributed by atoms with Crippen molar-refractivity contribution < 1.29 is 9.59 Å². The van der Waals surface area contributed by atoms with Crippen LogP contribution < -0.4 is 5.32 Å². The number of nitrogens with one attached hydrogen (secondary N) is 1. The maximum atomic E-state index is 13.4. The molecule has 2 amide bonds. The molecule has 0 saturated heterocycles. The molecule has 0 spiro atoms. The molecular formula is C29H35N3O2. The Balaban J connectivity index is 1.87. The molecule has 1 aromatic rings. The molecule has 1 aromatic carbocycles. The maximum Gasteiger partial charge on any atom is 0.274 e. The normalized spacial score (nSPS) is 20.8. The fraction of sp³-hybridized carbons (Fsp3) is 0.310. The standard InChI is InChI=1S/C29H35N3O2/c1-6-7-11-22(3)23(4)32-20-27(28(33)30-26-16-14-21(2)15-17-26)31(29(34)24(32)5)19-18-25-12-9-8-10-13-25/h6-13,20-21,26H,1,3-5,14-19H2,2H3,(H,30,33)/b11-7-. The van der Waals surface area contributed by atoms with Gasteiger partial charge in [0.2, 0.25) is 0 Å². The smallest absolute Gasteiger partial charge is 0.274 e. The van der Waals surface area contributed by atoms with Gasteiger partial charge in [-0.1, -0.05) is 81.8 Å². The lowest BCUT2D eigenvalue weighted by Gasteiger charge is -2.37. The minimum absolute atomic E-state index is 0.114. The van der Waals surface area contributed by atoms with Crippen LogP contribution in [0.1, 0.15) is 38.2 Å². The fourth-order valence-electron chi connectivity index (χ4n) is 4.27. The van der Waals surface area contributed by atoms with Crippen molar-refractivity contribution in [3.05, 3.63) is 109 Å². The summed E-state index contributed by atoms with van der Waals surface area (Å²) in [7, 11) is 0. The lowest BCUT2D eigenvalue weighted by Crippen LogP contribution is -2.48. The first-order valence-electron chi connectivity index (χ1n) is 11.9. The summed E-state index contributed by atoms with van der Waals surface area (Å²) in [6, 6.07) is 10.0. The molecule has 1 N–H and O–H groups in total. The number of hydrogen-bond acceptors (Lipinski definition) is 3. The molecule has 0 atom stereocenters. The summed E-state index contributed by atoms with van der Waals surface area (Å²) >= 11 is 0. The monoisotopic (exact) mass is 457 g/mol. The average Bonchev–Trinajstić information content (AvgIpc) is 2.84. The van der Waals surface area contributed by atoms with Gasteiger partial charge >= 0.3 is 0 Å². The van der Waals surface area contributed by atoms with Crippen molar-refractivity contribution in [3.8, 4) is 0 Å². The second kappa shape index (κ2) is 11.5. The van der Waals surface area contributed by atoms with Crippen molar-refractivity contribution in [2.24, 2.45) is 5.92 Å². The Labute approximate surface area is 203 Å². The van der Waals surface area contributed by atoms with E-state index in [1.165, 1.54) is 4.90 Å². The van der Waals surface area contributed by atoms with Crippen LogP contribution in [0.2, 0.25) is 0 Å². The molecule has 5 heteroatoms. The van der Waals surface area contributed by atoms with Crippen molar-refractivity contribution in [3.63, 3.8) is 0 Å². The molecule has 34 heavy (non-hydrogen) atoms. The van der Waals surface area contributed by atoms with E-state index >= 15 is 0 Å². The Hall–Kier alpha value is -3.60. The highest BCUT2D eigenvalue weighted by Crippen LogP contribution is 2.29. The van der Waals surface area contributed by atoms with Gasteiger partial charge in [0.1, 0.15) is 11.4 Å². The van der Waals surface area contributed by atoms with Crippen molar-refractivity contribution in [1.82, 2.24) is 15.1 Å². The Morgan fingerprint density at radius 1 is 1.15 bits per heavy atom. The zero-order chi connectivity index (χ0) is 24.7. The third-order valence-electron chi connectivity index (χ3n) is 6.47. The van der Waals surface area contributed by atoms with Crippen LogP contribution in [-0.2, 0) is 16.0 Å². The summed E-state index contributed by atoms with van der Waals surface area (Å²) in [5, 5.41) is 3.16. The van der Waals surface area contributed by atoms with Gasteiger partial charge in [-0.2, -0.15) is 0 Å². The van der Waals surface area contributed by atoms with Gasteiger partial charge in [0.05, 0.1) is 0 Å². The van der Waals surface area contributed by atoms with E-state index in [2.05, 4.69) is 38.6 Å². The van der Waals surface area contributed by atoms with Gasteiger partial charge in [0, 0.05) is 24.5 Å². The minimum Gasteiger partial charge on any atom is -0.348 e. The van der Waals surface area contributed by atoms with Crippen molar-refractivity contribution >= 4 is 11.8 Å². The lowest BCUT2D eigenvalue weighted by atomic mass is 9.87. The van der Waals surface area contributed by atoms with Crippen molar-refractivity contribution in [2.75, 3.05) is 6.54 Å². The topological polar surface area (TPSA) is 52.7 Å². The molecule has 1 heterocycles. The predicted molar refractivity (Wildman–Crippen MR) is 138 cm³/mol. The number of amides is 2. The molecule has 0 aromatic heterocycles. The first kappa shape index (κ1) is 25.0. The van der Waals surface area contributed by atoms with E-state index in [1.807, 2.05) is 30.3 Å². The zero-order valence-corrected chi connectivity index (χ0v) is 20.1. The highest BCUT2D eigenvalue weighted by molar-refractivity contribution is 6.04. The van der Waals surface area contributed by atoms with Crippen molar-refractivity contribution in [2.45, 2.75) is 45.1 Å². The Bertz CT molecular complexity index is 1030. The van der Waals surface area contributed by atoms with Crippen LogP contribution in [0.25, 0.3) is 0 Å². The number of benzene rings is 1. The minimum atomic E-state index is -0.317. The van der Waals surface area contributed by atoms with Crippen LogP contribution in [0, 0.1) is 5.92 Å². The van der Waals surface area contributed by atoms with E-state index in [-0.39, 0.29) is 23.6 Å². The van der Waals surface area contributed by atoms with Crippen LogP contribution in [0.15, 0.2) is 104 Å². The van der Waals surface area contributed by atoms with Gasteiger partial charge in [0.25, 0.3) is 11.8 Å². The molecular weight excluding hydrogens is 422 g/mol. The van der Waals surface area contributed by atoms with Crippen molar-refractivity contribution in [1.29, 1.82) is 0 Å². The first-order chi connectivity index (χ1) is 16.3. The van der Waals surface area contributed by atoms with Crippen LogP contribution >= 0.6 is 0 Å². The molecule has 2 aliphatic rings. The van der Waals surface area contributed by atoms with Crippen LogP contribution in [0.3, 0.4) is 0 Å². The molecule has 0 radical (unpaired) electrons. The number of carbonyl (C=O) groups is 2. The summed E-state index contributed by atoms with van der Waals surface area (Å²) < 4.78 is 0. The molecule has 5 nitrogen and oxygen atoms in total. The van der Waals surface area contributed by atoms with Gasteiger partial charge in [-0.3, -0.25) is 9.59 Å². The highest BCUT2D eigenvalue weighted by atomic mass is 16.2. The van der Waals surface area contributed by atoms with Gasteiger partial charge in [-0.25, -0.2) is 0 Å². The largest absolute Gasteiger partial charge is 0.348 e. The molecule has 1 aliphatic heterocycles. The summed E-state index contributed by atoms with van der Waals surface area (Å²) in [5.41, 5.74) is 2.71. The van der Waals surface area contributed by atoms with E-state index < -0.39 is 0 Å². The van der Waals surface area contributed by atoms with Crippen LogP contribution in [0.5, 0.6) is 0 Å². The van der Waals surface area contributed by atoms with E-state index in [9.17, 15) is 9.59 Å². The second-order valence-electron chi connectivity index (χ2n) is 9.02. The lowest BCUT2D eigenvalue weighted by molar-refractivity contribution is -0.131. The Morgan fingerprint density at radius 2 is 1.82 bits per heavy atom. The van der Waals surface area contributed by atoms with Gasteiger partial charge in [-0.15, -0.1) is 0 Å². The number of carbonyl (C=O) groups excluding carboxylic acids is 2. The summed E-state index contributed by atoms with van der Waals surface area (Å²) in [6.07, 6.45) is 11.5. The van der Waals surface area contributed by atoms with Gasteiger partial charge in [0.15, 0.2) is 0 Å². The van der Waals surface area contributed by atoms with Crippen LogP contribution in [0.4, 0.5) is 0 Å². The molecule has 1 saturated carbocycles. The third-order valence-corrected chi connectivity index (χ3v) is 6.47. The Kier molecular flexibility index (Phi) is 8.47. The number of nitrogens with zero attached hydrogens (tertiary/aromatic N) is 2. The van der Waals surface area contributed by atoms with E-state index in [0.29, 0.717) is 35.9 Å². The quantitative estimate of drug-likeness (QED) is 0.408. The first-order valence-corrected chi connectivity index (χ1v) is 11.9. The predicted octanol–water partition coefficient (Wildman–Crippen LogP) is 5.24. The fourth-order valence-corrected chi connectivity index (χ4v) is 4.27. The second-order valence-corrected chi connectivity index (χ2v) is 9.02. The van der Waals surface area contributed by atoms with Gasteiger partial charge in [-0.05, 0) is 49.2 Å². The third kappa shape index (κ3) is 6.04. The summed E-state index contributed by atoms with van der Waals surface area (Å²) in [6.45, 7) is 18.4. The summed E-state index contributed by atoms with van der Waals surface area (Å²) in [4.78, 5) is 29.9. The van der Waals surface area contributed by atoms with E-state index in [0.717, 1.165) is 31.2 Å². The molecule has 178 valence electrons. The number of rotatable bonds is 9. The number of allylic oxidation sites excluding steroid dienone is 3. The SMILES string of the molecule is C=C/C=C\C(=C)C(=C)N1C=C(C(=O)NC2CCC(C)CC2)N(CCc2ccccc2)C(=O)C1=C. The van der Waals surface area contributed by atoms with Gasteiger partial charge < -0.3 is 15.1 Å². The molecule has 1 aliphatic carbocycles. The van der Waals surface area contributed by atoms with Crippen LogP contribution in [-0.4, -0.2) is 34.2 Å². The molecule has 1 fully saturated rings. The average molecular weight is 458 g/mol. The molecule has 3 rings (SSSR count). The van der Waals surface area contributed by atoms with E-state index in [4.69, 9.17) is 0 Å². The highest BCUT2D eigenvalue weighted by Gasteiger charge is 2.35. The summed E-state index contributed by atoms with van der Waals surface area (Å²) in [5.74, 6) is 0.115. The molecule has 0 unspecified atom stereocenters. The van der Waals surface area contributed by atoms with E-state index in [1.54, 1.807) is 29.3 Å². The number of hydrogen-bond donors (Lipinski definition) is 1. The zero-order valence-electron chi connectivity index (χ0n) is 20.1. The Morgan fingerprint density at radius 3 is 2.47 bits per heavy atom. The maximum absolute atomic E-state index is 13.4. The molecule has 0 bridgehead atoms.